The lowest BCUT2D eigenvalue weighted by molar-refractivity contribution is 0.345. The lowest BCUT2D eigenvalue weighted by Gasteiger charge is -2.31. The van der Waals surface area contributed by atoms with Gasteiger partial charge in [-0.15, -0.1) is 0 Å². The first kappa shape index (κ1) is 21.6. The molecule has 0 bridgehead atoms. The number of aliphatic imine (C=N–C) groups is 1. The molecule has 0 heterocycles. The van der Waals surface area contributed by atoms with Crippen molar-refractivity contribution in [1.29, 1.82) is 0 Å². The summed E-state index contributed by atoms with van der Waals surface area (Å²) in [6.45, 7) is 7.56. The van der Waals surface area contributed by atoms with Crippen molar-refractivity contribution in [3.63, 3.8) is 0 Å². The van der Waals surface area contributed by atoms with Gasteiger partial charge in [0.2, 0.25) is 0 Å². The van der Waals surface area contributed by atoms with Crippen molar-refractivity contribution in [2.75, 3.05) is 20.8 Å². The number of benzene rings is 2. The molecule has 28 heavy (non-hydrogen) atoms. The molecule has 2 aromatic rings. The van der Waals surface area contributed by atoms with E-state index in [0.29, 0.717) is 30.5 Å². The second-order valence-electron chi connectivity index (χ2n) is 7.40. The molecular weight excluding hydrogens is 352 g/mol. The molecule has 152 valence electrons. The van der Waals surface area contributed by atoms with Crippen molar-refractivity contribution in [2.24, 2.45) is 10.7 Å². The van der Waals surface area contributed by atoms with Gasteiger partial charge in [-0.25, -0.2) is 4.99 Å². The Balaban J connectivity index is 1.88. The Labute approximate surface area is 168 Å². The molecule has 0 aromatic heterocycles. The van der Waals surface area contributed by atoms with Crippen LogP contribution in [0.3, 0.4) is 0 Å². The minimum atomic E-state index is -0.154. The number of methoxy groups -OCH3 is 2. The predicted octanol–water partition coefficient (Wildman–Crippen LogP) is 3.24. The van der Waals surface area contributed by atoms with Gasteiger partial charge in [-0.3, -0.25) is 0 Å². The van der Waals surface area contributed by atoms with E-state index in [9.17, 15) is 0 Å². The average molecular weight is 385 g/mol. The van der Waals surface area contributed by atoms with Crippen LogP contribution in [0.2, 0.25) is 0 Å². The quantitative estimate of drug-likeness (QED) is 0.457. The Kier molecular flexibility index (Phi) is 7.70. The fourth-order valence-electron chi connectivity index (χ4n) is 2.99. The predicted molar refractivity (Wildman–Crippen MR) is 115 cm³/mol. The van der Waals surface area contributed by atoms with Crippen molar-refractivity contribution in [1.82, 2.24) is 10.6 Å². The van der Waals surface area contributed by atoms with Crippen LogP contribution in [-0.2, 0) is 6.54 Å². The van der Waals surface area contributed by atoms with Crippen molar-refractivity contribution >= 4 is 5.96 Å². The van der Waals surface area contributed by atoms with E-state index in [2.05, 4.69) is 60.7 Å². The van der Waals surface area contributed by atoms with Gasteiger partial charge in [0, 0.05) is 18.1 Å². The molecule has 1 unspecified atom stereocenters. The van der Waals surface area contributed by atoms with E-state index in [1.54, 1.807) is 14.2 Å². The lowest BCUT2D eigenvalue weighted by Crippen LogP contribution is -2.51. The number of hydrogen-bond donors (Lipinski definition) is 3. The van der Waals surface area contributed by atoms with E-state index < -0.39 is 0 Å². The number of nitrogens with zero attached hydrogens (tertiary/aromatic N) is 1. The maximum atomic E-state index is 6.05. The number of guanidine groups is 1. The van der Waals surface area contributed by atoms with E-state index in [-0.39, 0.29) is 11.6 Å². The second-order valence-corrected chi connectivity index (χ2v) is 7.40. The number of rotatable bonds is 9. The van der Waals surface area contributed by atoms with Crippen molar-refractivity contribution in [2.45, 2.75) is 38.9 Å². The maximum Gasteiger partial charge on any atom is 0.188 e. The molecule has 2 aromatic carbocycles. The van der Waals surface area contributed by atoms with E-state index in [4.69, 9.17) is 15.2 Å². The third-order valence-electron chi connectivity index (χ3n) is 4.50. The zero-order chi connectivity index (χ0) is 20.6. The Morgan fingerprint density at radius 1 is 1.07 bits per heavy atom. The number of nitrogens with two attached hydrogens (primary N) is 1. The summed E-state index contributed by atoms with van der Waals surface area (Å²) in [5, 5.41) is 6.84. The Hall–Kier alpha value is -2.73. The highest BCUT2D eigenvalue weighted by molar-refractivity contribution is 5.77. The summed E-state index contributed by atoms with van der Waals surface area (Å²) in [6, 6.07) is 16.3. The first-order valence-corrected chi connectivity index (χ1v) is 9.42. The van der Waals surface area contributed by atoms with E-state index in [1.807, 2.05) is 24.3 Å². The van der Waals surface area contributed by atoms with Crippen LogP contribution in [0.5, 0.6) is 11.5 Å². The molecule has 0 amide bonds. The first-order chi connectivity index (χ1) is 13.3. The SMILES string of the molecule is COc1ccc(CN=C(N)NCC(C)(C)NC(C)c2ccccc2)cc1OC. The molecule has 0 aliphatic rings. The highest BCUT2D eigenvalue weighted by Gasteiger charge is 2.20. The monoisotopic (exact) mass is 384 g/mol. The minimum Gasteiger partial charge on any atom is -0.493 e. The molecule has 0 saturated heterocycles. The second kappa shape index (κ2) is 9.99. The van der Waals surface area contributed by atoms with Gasteiger partial charge in [0.05, 0.1) is 20.8 Å². The summed E-state index contributed by atoms with van der Waals surface area (Å²) in [7, 11) is 3.23. The Morgan fingerprint density at radius 2 is 1.75 bits per heavy atom. The Bertz CT molecular complexity index is 775. The molecule has 1 atom stereocenters. The first-order valence-electron chi connectivity index (χ1n) is 9.42. The molecule has 0 fully saturated rings. The van der Waals surface area contributed by atoms with Gasteiger partial charge in [-0.1, -0.05) is 36.4 Å². The van der Waals surface area contributed by atoms with E-state index in [1.165, 1.54) is 5.56 Å². The molecule has 2 rings (SSSR count). The average Bonchev–Trinajstić information content (AvgIpc) is 2.70. The van der Waals surface area contributed by atoms with Crippen molar-refractivity contribution < 1.29 is 9.47 Å². The summed E-state index contributed by atoms with van der Waals surface area (Å²) < 4.78 is 10.6. The minimum absolute atomic E-state index is 0.154. The van der Waals surface area contributed by atoms with Gasteiger partial charge in [-0.05, 0) is 44.0 Å². The van der Waals surface area contributed by atoms with Crippen LogP contribution >= 0.6 is 0 Å². The van der Waals surface area contributed by atoms with Crippen LogP contribution < -0.4 is 25.8 Å². The van der Waals surface area contributed by atoms with Crippen LogP contribution in [0.1, 0.15) is 37.9 Å². The number of nitrogens with one attached hydrogen (secondary N) is 2. The summed E-state index contributed by atoms with van der Waals surface area (Å²) in [5.41, 5.74) is 8.15. The molecule has 0 radical (unpaired) electrons. The lowest BCUT2D eigenvalue weighted by atomic mass is 10.0. The highest BCUT2D eigenvalue weighted by atomic mass is 16.5. The molecular formula is C22H32N4O2. The van der Waals surface area contributed by atoms with Gasteiger partial charge in [0.1, 0.15) is 0 Å². The maximum absolute atomic E-state index is 6.05. The fourth-order valence-corrected chi connectivity index (χ4v) is 2.99. The normalized spacial score (nSPS) is 13.1. The molecule has 0 saturated carbocycles. The molecule has 0 aliphatic carbocycles. The highest BCUT2D eigenvalue weighted by Crippen LogP contribution is 2.27. The number of hydrogen-bond acceptors (Lipinski definition) is 4. The van der Waals surface area contributed by atoms with Gasteiger partial charge in [0.15, 0.2) is 17.5 Å². The van der Waals surface area contributed by atoms with Crippen LogP contribution in [0.4, 0.5) is 0 Å². The van der Waals surface area contributed by atoms with Crippen LogP contribution in [0, 0.1) is 0 Å². The van der Waals surface area contributed by atoms with Gasteiger partial charge in [0.25, 0.3) is 0 Å². The topological polar surface area (TPSA) is 80.9 Å². The summed E-state index contributed by atoms with van der Waals surface area (Å²) in [6.07, 6.45) is 0. The van der Waals surface area contributed by atoms with Crippen LogP contribution in [0.15, 0.2) is 53.5 Å². The van der Waals surface area contributed by atoms with Gasteiger partial charge in [-0.2, -0.15) is 0 Å². The zero-order valence-corrected chi connectivity index (χ0v) is 17.5. The van der Waals surface area contributed by atoms with Crippen molar-refractivity contribution in [3.05, 3.63) is 59.7 Å². The van der Waals surface area contributed by atoms with Gasteiger partial charge < -0.3 is 25.8 Å². The third kappa shape index (κ3) is 6.46. The standard InChI is InChI=1S/C22H32N4O2/c1-16(18-9-7-6-8-10-18)26-22(2,3)15-25-21(23)24-14-17-11-12-19(27-4)20(13-17)28-5/h6-13,16,26H,14-15H2,1-5H3,(H3,23,24,25). The smallest absolute Gasteiger partial charge is 0.188 e. The summed E-state index contributed by atoms with van der Waals surface area (Å²) in [5.74, 6) is 1.79. The molecule has 4 N–H and O–H groups in total. The van der Waals surface area contributed by atoms with Crippen molar-refractivity contribution in [3.8, 4) is 11.5 Å². The summed E-state index contributed by atoms with van der Waals surface area (Å²) in [4.78, 5) is 4.42. The molecule has 6 nitrogen and oxygen atoms in total. The fraction of sp³-hybridized carbons (Fsp3) is 0.409. The van der Waals surface area contributed by atoms with Crippen LogP contribution in [-0.4, -0.2) is 32.3 Å². The largest absolute Gasteiger partial charge is 0.493 e. The summed E-state index contributed by atoms with van der Waals surface area (Å²) >= 11 is 0. The number of ether oxygens (including phenoxy) is 2. The van der Waals surface area contributed by atoms with Gasteiger partial charge >= 0.3 is 0 Å². The Morgan fingerprint density at radius 3 is 2.39 bits per heavy atom. The van der Waals surface area contributed by atoms with E-state index in [0.717, 1.165) is 5.56 Å². The zero-order valence-electron chi connectivity index (χ0n) is 17.5. The third-order valence-corrected chi connectivity index (χ3v) is 4.50. The van der Waals surface area contributed by atoms with E-state index >= 15 is 0 Å². The van der Waals surface area contributed by atoms with Crippen LogP contribution in [0.25, 0.3) is 0 Å². The molecule has 0 spiro atoms. The molecule has 6 heteroatoms. The molecule has 0 aliphatic heterocycles.